The maximum absolute atomic E-state index is 4.76. The van der Waals surface area contributed by atoms with E-state index < -0.39 is 0 Å². The second kappa shape index (κ2) is 5.45. The Labute approximate surface area is 120 Å². The molecule has 2 aliphatic heterocycles. The van der Waals surface area contributed by atoms with Crippen molar-refractivity contribution in [2.24, 2.45) is 0 Å². The van der Waals surface area contributed by atoms with Gasteiger partial charge in [0.15, 0.2) is 0 Å². The van der Waals surface area contributed by atoms with Gasteiger partial charge >= 0.3 is 0 Å². The Hall–Kier alpha value is -2.17. The Balaban J connectivity index is 1.61. The summed E-state index contributed by atoms with van der Waals surface area (Å²) in [4.78, 5) is 13.6. The van der Waals surface area contributed by atoms with Gasteiger partial charge in [-0.15, -0.1) is 0 Å². The van der Waals surface area contributed by atoms with Crippen LogP contribution < -0.4 is 0 Å². The van der Waals surface area contributed by atoms with E-state index in [-0.39, 0.29) is 0 Å². The zero-order chi connectivity index (χ0) is 13.9. The molecular formula is C15H21N5. The van der Waals surface area contributed by atoms with Gasteiger partial charge in [-0.2, -0.15) is 0 Å². The summed E-state index contributed by atoms with van der Waals surface area (Å²) in [6.45, 7) is 3.60. The predicted molar refractivity (Wildman–Crippen MR) is 78.9 cm³/mol. The normalized spacial score (nSPS) is 17.7. The fourth-order valence-corrected chi connectivity index (χ4v) is 2.50. The first kappa shape index (κ1) is 12.8. The molecule has 1 aromatic heterocycles. The Morgan fingerprint density at radius 2 is 1.35 bits per heavy atom. The zero-order valence-electron chi connectivity index (χ0n) is 12.1. The SMILES string of the molecule is CN1C=CN(Cc2cccc(CN3C=CN(C)C3)n2)C1. The van der Waals surface area contributed by atoms with Gasteiger partial charge in [0.2, 0.25) is 0 Å². The molecule has 20 heavy (non-hydrogen) atoms. The van der Waals surface area contributed by atoms with Crippen molar-refractivity contribution in [2.75, 3.05) is 27.4 Å². The lowest BCUT2D eigenvalue weighted by Gasteiger charge is -2.19. The monoisotopic (exact) mass is 271 g/mol. The average molecular weight is 271 g/mol. The van der Waals surface area contributed by atoms with Crippen molar-refractivity contribution >= 4 is 0 Å². The highest BCUT2D eigenvalue weighted by molar-refractivity contribution is 5.13. The summed E-state index contributed by atoms with van der Waals surface area (Å²) >= 11 is 0. The number of nitrogens with zero attached hydrogens (tertiary/aromatic N) is 5. The summed E-state index contributed by atoms with van der Waals surface area (Å²) in [6, 6.07) is 6.30. The van der Waals surface area contributed by atoms with Crippen molar-refractivity contribution in [1.29, 1.82) is 0 Å². The molecule has 106 valence electrons. The minimum Gasteiger partial charge on any atom is -0.362 e. The van der Waals surface area contributed by atoms with Crippen molar-refractivity contribution in [3.63, 3.8) is 0 Å². The summed E-state index contributed by atoms with van der Waals surface area (Å²) in [5.74, 6) is 0. The molecule has 0 aliphatic carbocycles. The van der Waals surface area contributed by atoms with Gasteiger partial charge in [0, 0.05) is 38.9 Å². The van der Waals surface area contributed by atoms with Crippen molar-refractivity contribution in [3.05, 3.63) is 54.4 Å². The highest BCUT2D eigenvalue weighted by Crippen LogP contribution is 2.12. The first-order valence-corrected chi connectivity index (χ1v) is 6.89. The van der Waals surface area contributed by atoms with Gasteiger partial charge in [0.1, 0.15) is 0 Å². The molecule has 0 spiro atoms. The van der Waals surface area contributed by atoms with Crippen molar-refractivity contribution in [3.8, 4) is 0 Å². The van der Waals surface area contributed by atoms with Gasteiger partial charge in [-0.25, -0.2) is 0 Å². The highest BCUT2D eigenvalue weighted by Gasteiger charge is 2.12. The molecule has 5 heteroatoms. The third-order valence-corrected chi connectivity index (χ3v) is 3.47. The lowest BCUT2D eigenvalue weighted by Crippen LogP contribution is -2.24. The smallest absolute Gasteiger partial charge is 0.0894 e. The van der Waals surface area contributed by atoms with Crippen LogP contribution in [0, 0.1) is 0 Å². The number of aromatic nitrogens is 1. The van der Waals surface area contributed by atoms with E-state index in [1.807, 2.05) is 0 Å². The molecule has 0 unspecified atom stereocenters. The predicted octanol–water partition coefficient (Wildman–Crippen LogP) is 1.43. The molecule has 3 rings (SSSR count). The van der Waals surface area contributed by atoms with Crippen LogP contribution in [0.2, 0.25) is 0 Å². The second-order valence-electron chi connectivity index (χ2n) is 5.51. The fourth-order valence-electron chi connectivity index (χ4n) is 2.50. The van der Waals surface area contributed by atoms with Crippen molar-refractivity contribution < 1.29 is 0 Å². The first-order valence-electron chi connectivity index (χ1n) is 6.89. The standard InChI is InChI=1S/C15H21N5/c1-17-6-8-19(12-17)10-14-4-3-5-15(16-14)11-20-9-7-18(2)13-20/h3-9H,10-13H2,1-2H3. The van der Waals surface area contributed by atoms with Gasteiger partial charge < -0.3 is 19.6 Å². The van der Waals surface area contributed by atoms with Gasteiger partial charge in [-0.3, -0.25) is 4.98 Å². The number of hydrogen-bond acceptors (Lipinski definition) is 5. The second-order valence-corrected chi connectivity index (χ2v) is 5.51. The van der Waals surface area contributed by atoms with Crippen LogP contribution in [0.15, 0.2) is 43.0 Å². The van der Waals surface area contributed by atoms with Crippen LogP contribution in [-0.4, -0.2) is 52.0 Å². The Morgan fingerprint density at radius 1 is 0.850 bits per heavy atom. The molecule has 0 saturated carbocycles. The van der Waals surface area contributed by atoms with E-state index in [0.717, 1.165) is 37.8 Å². The summed E-state index contributed by atoms with van der Waals surface area (Å²) in [5, 5.41) is 0. The van der Waals surface area contributed by atoms with E-state index in [0.29, 0.717) is 0 Å². The summed E-state index contributed by atoms with van der Waals surface area (Å²) in [5.41, 5.74) is 2.25. The van der Waals surface area contributed by atoms with E-state index in [2.05, 4.69) is 76.7 Å². The van der Waals surface area contributed by atoms with E-state index in [1.54, 1.807) is 0 Å². The highest BCUT2D eigenvalue weighted by atomic mass is 15.3. The third kappa shape index (κ3) is 3.04. The number of hydrogen-bond donors (Lipinski definition) is 0. The Kier molecular flexibility index (Phi) is 3.50. The minimum absolute atomic E-state index is 0.865. The van der Waals surface area contributed by atoms with Crippen molar-refractivity contribution in [2.45, 2.75) is 13.1 Å². The molecule has 0 atom stereocenters. The quantitative estimate of drug-likeness (QED) is 0.825. The van der Waals surface area contributed by atoms with E-state index in [1.165, 1.54) is 0 Å². The Bertz CT molecular complexity index is 482. The third-order valence-electron chi connectivity index (χ3n) is 3.47. The van der Waals surface area contributed by atoms with Crippen LogP contribution in [0.25, 0.3) is 0 Å². The van der Waals surface area contributed by atoms with Gasteiger partial charge in [-0.05, 0) is 12.1 Å². The summed E-state index contributed by atoms with van der Waals surface area (Å²) in [7, 11) is 4.16. The maximum atomic E-state index is 4.76. The fraction of sp³-hybridized carbons (Fsp3) is 0.400. The van der Waals surface area contributed by atoms with Crippen LogP contribution in [0.3, 0.4) is 0 Å². The van der Waals surface area contributed by atoms with E-state index >= 15 is 0 Å². The van der Waals surface area contributed by atoms with E-state index in [9.17, 15) is 0 Å². The van der Waals surface area contributed by atoms with E-state index in [4.69, 9.17) is 4.98 Å². The lowest BCUT2D eigenvalue weighted by molar-refractivity contribution is 0.282. The van der Waals surface area contributed by atoms with Gasteiger partial charge in [0.05, 0.1) is 37.8 Å². The molecule has 0 bridgehead atoms. The van der Waals surface area contributed by atoms with Crippen LogP contribution in [-0.2, 0) is 13.1 Å². The first-order chi connectivity index (χ1) is 9.69. The van der Waals surface area contributed by atoms with Crippen molar-refractivity contribution in [1.82, 2.24) is 24.6 Å². The Morgan fingerprint density at radius 3 is 1.75 bits per heavy atom. The summed E-state index contributed by atoms with van der Waals surface area (Å²) < 4.78 is 0. The van der Waals surface area contributed by atoms with Crippen LogP contribution in [0.5, 0.6) is 0 Å². The molecule has 0 fully saturated rings. The molecule has 0 radical (unpaired) electrons. The topological polar surface area (TPSA) is 25.9 Å². The molecule has 5 nitrogen and oxygen atoms in total. The average Bonchev–Trinajstić information content (AvgIpc) is 2.99. The van der Waals surface area contributed by atoms with Crippen LogP contribution >= 0.6 is 0 Å². The lowest BCUT2D eigenvalue weighted by atomic mass is 10.3. The summed E-state index contributed by atoms with van der Waals surface area (Å²) in [6.07, 6.45) is 8.42. The van der Waals surface area contributed by atoms with Gasteiger partial charge in [-0.1, -0.05) is 6.07 Å². The molecular weight excluding hydrogens is 250 g/mol. The van der Waals surface area contributed by atoms with Crippen LogP contribution in [0.4, 0.5) is 0 Å². The number of rotatable bonds is 4. The molecule has 3 heterocycles. The van der Waals surface area contributed by atoms with Gasteiger partial charge in [0.25, 0.3) is 0 Å². The number of pyridine rings is 1. The molecule has 0 amide bonds. The molecule has 2 aliphatic rings. The largest absolute Gasteiger partial charge is 0.362 e. The minimum atomic E-state index is 0.865. The molecule has 0 N–H and O–H groups in total. The maximum Gasteiger partial charge on any atom is 0.0894 e. The molecule has 0 aromatic carbocycles. The van der Waals surface area contributed by atoms with Crippen LogP contribution in [0.1, 0.15) is 11.4 Å². The zero-order valence-corrected chi connectivity index (χ0v) is 12.1. The molecule has 1 aromatic rings. The molecule has 0 saturated heterocycles.